The van der Waals surface area contributed by atoms with E-state index in [1.54, 1.807) is 6.92 Å². The molecule has 0 atom stereocenters. The summed E-state index contributed by atoms with van der Waals surface area (Å²) in [7, 11) is 0. The van der Waals surface area contributed by atoms with Crippen LogP contribution in [0.3, 0.4) is 0 Å². The first kappa shape index (κ1) is 18.1. The van der Waals surface area contributed by atoms with Crippen molar-refractivity contribution in [3.8, 4) is 0 Å². The summed E-state index contributed by atoms with van der Waals surface area (Å²) in [5, 5.41) is 14.0. The highest BCUT2D eigenvalue weighted by atomic mass is 19.1. The molecule has 0 unspecified atom stereocenters. The van der Waals surface area contributed by atoms with Crippen molar-refractivity contribution >= 4 is 17.5 Å². The molecule has 0 aliphatic rings. The molecule has 5 nitrogen and oxygen atoms in total. The molecule has 0 fully saturated rings. The van der Waals surface area contributed by atoms with Crippen molar-refractivity contribution in [2.24, 2.45) is 5.41 Å². The third-order valence-corrected chi connectivity index (χ3v) is 3.38. The highest BCUT2D eigenvalue weighted by Crippen LogP contribution is 2.20. The number of carbonyl (C=O) groups excluding carboxylic acids is 2. The molecule has 1 rings (SSSR count). The second kappa shape index (κ2) is 7.89. The van der Waals surface area contributed by atoms with Crippen LogP contribution < -0.4 is 10.6 Å². The summed E-state index contributed by atoms with van der Waals surface area (Å²) in [4.78, 5) is 23.3. The van der Waals surface area contributed by atoms with Crippen molar-refractivity contribution in [1.29, 1.82) is 0 Å². The molecule has 0 aliphatic heterocycles. The topological polar surface area (TPSA) is 78.4 Å². The van der Waals surface area contributed by atoms with Crippen molar-refractivity contribution in [3.63, 3.8) is 0 Å². The molecule has 6 heteroatoms. The Kier molecular flexibility index (Phi) is 6.49. The van der Waals surface area contributed by atoms with Gasteiger partial charge in [-0.3, -0.25) is 9.59 Å². The van der Waals surface area contributed by atoms with Gasteiger partial charge in [-0.15, -0.1) is 0 Å². The van der Waals surface area contributed by atoms with E-state index in [0.717, 1.165) is 6.42 Å². The monoisotopic (exact) mass is 310 g/mol. The average Bonchev–Trinajstić information content (AvgIpc) is 2.47. The zero-order chi connectivity index (χ0) is 16.8. The molecule has 1 aromatic rings. The molecule has 1 aromatic carbocycles. The Labute approximate surface area is 129 Å². The molecule has 122 valence electrons. The number of benzene rings is 1. The maximum absolute atomic E-state index is 13.4. The van der Waals surface area contributed by atoms with Crippen LogP contribution in [0.15, 0.2) is 18.2 Å². The van der Waals surface area contributed by atoms with Crippen molar-refractivity contribution in [1.82, 2.24) is 5.32 Å². The smallest absolute Gasteiger partial charge is 0.313 e. The van der Waals surface area contributed by atoms with E-state index in [2.05, 4.69) is 10.6 Å². The van der Waals surface area contributed by atoms with Crippen molar-refractivity contribution in [2.45, 2.75) is 33.6 Å². The van der Waals surface area contributed by atoms with Gasteiger partial charge in [-0.1, -0.05) is 19.9 Å². The molecule has 0 radical (unpaired) electrons. The molecule has 0 saturated carbocycles. The summed E-state index contributed by atoms with van der Waals surface area (Å²) in [6.45, 7) is 5.88. The largest absolute Gasteiger partial charge is 0.396 e. The molecule has 0 spiro atoms. The number of carbonyl (C=O) groups is 2. The van der Waals surface area contributed by atoms with Crippen LogP contribution in [0.25, 0.3) is 0 Å². The van der Waals surface area contributed by atoms with Gasteiger partial charge in [-0.2, -0.15) is 0 Å². The van der Waals surface area contributed by atoms with Crippen molar-refractivity contribution in [2.75, 3.05) is 18.5 Å². The summed E-state index contributed by atoms with van der Waals surface area (Å²) in [6.07, 6.45) is 1.39. The predicted molar refractivity (Wildman–Crippen MR) is 82.9 cm³/mol. The number of halogens is 1. The number of aryl methyl sites for hydroxylation is 1. The molecule has 3 N–H and O–H groups in total. The van der Waals surface area contributed by atoms with E-state index in [9.17, 15) is 14.0 Å². The zero-order valence-electron chi connectivity index (χ0n) is 13.2. The minimum absolute atomic E-state index is 0.0699. The number of amides is 2. The summed E-state index contributed by atoms with van der Waals surface area (Å²) in [6, 6.07) is 4.23. The number of anilines is 1. The Morgan fingerprint density at radius 2 is 1.95 bits per heavy atom. The quantitative estimate of drug-likeness (QED) is 0.555. The Hall–Kier alpha value is -1.95. The van der Waals surface area contributed by atoms with E-state index in [-0.39, 0.29) is 17.7 Å². The van der Waals surface area contributed by atoms with Crippen LogP contribution in [0, 0.1) is 18.2 Å². The van der Waals surface area contributed by atoms with Gasteiger partial charge in [0, 0.05) is 18.8 Å². The highest BCUT2D eigenvalue weighted by molar-refractivity contribution is 6.39. The summed E-state index contributed by atoms with van der Waals surface area (Å²) in [5.41, 5.74) is 0.505. The predicted octanol–water partition coefficient (Wildman–Crippen LogP) is 1.99. The lowest BCUT2D eigenvalue weighted by Gasteiger charge is -2.21. The van der Waals surface area contributed by atoms with Gasteiger partial charge in [0.05, 0.1) is 0 Å². The third-order valence-electron chi connectivity index (χ3n) is 3.38. The molecule has 2 amide bonds. The Bertz CT molecular complexity index is 544. The Morgan fingerprint density at radius 1 is 1.27 bits per heavy atom. The van der Waals surface area contributed by atoms with Crippen molar-refractivity contribution < 1.29 is 19.1 Å². The normalized spacial score (nSPS) is 11.1. The third kappa shape index (κ3) is 5.81. The fourth-order valence-corrected chi connectivity index (χ4v) is 1.79. The molecule has 0 saturated heterocycles. The van der Waals surface area contributed by atoms with E-state index in [4.69, 9.17) is 5.11 Å². The summed E-state index contributed by atoms with van der Waals surface area (Å²) >= 11 is 0. The number of hydrogen-bond donors (Lipinski definition) is 3. The lowest BCUT2D eigenvalue weighted by Crippen LogP contribution is -2.36. The summed E-state index contributed by atoms with van der Waals surface area (Å²) in [5.74, 6) is -2.03. The van der Waals surface area contributed by atoms with E-state index in [1.807, 2.05) is 13.8 Å². The number of nitrogens with one attached hydrogen (secondary N) is 2. The molecule has 0 heterocycles. The van der Waals surface area contributed by atoms with Crippen LogP contribution in [0.1, 0.15) is 32.3 Å². The molecular weight excluding hydrogens is 287 g/mol. The van der Waals surface area contributed by atoms with E-state index in [0.29, 0.717) is 18.5 Å². The van der Waals surface area contributed by atoms with E-state index < -0.39 is 17.6 Å². The first-order valence-electron chi connectivity index (χ1n) is 7.21. The van der Waals surface area contributed by atoms with Gasteiger partial charge < -0.3 is 15.7 Å². The van der Waals surface area contributed by atoms with Gasteiger partial charge >= 0.3 is 11.8 Å². The SMILES string of the molecule is Cc1ccc(NC(=O)C(=O)NCCCC(C)(C)CO)cc1F. The molecular formula is C16H23FN2O3. The van der Waals surface area contributed by atoms with Gasteiger partial charge in [0.2, 0.25) is 0 Å². The number of rotatable bonds is 6. The van der Waals surface area contributed by atoms with Crippen LogP contribution in [0.4, 0.5) is 10.1 Å². The van der Waals surface area contributed by atoms with Crippen LogP contribution in [0.5, 0.6) is 0 Å². The van der Waals surface area contributed by atoms with Gasteiger partial charge in [0.15, 0.2) is 0 Å². The molecule has 0 aliphatic carbocycles. The standard InChI is InChI=1S/C16H23FN2O3/c1-11-5-6-12(9-13(11)17)19-15(22)14(21)18-8-4-7-16(2,3)10-20/h5-6,9,20H,4,7-8,10H2,1-3H3,(H,18,21)(H,19,22). The maximum Gasteiger partial charge on any atom is 0.313 e. The fourth-order valence-electron chi connectivity index (χ4n) is 1.79. The Morgan fingerprint density at radius 3 is 2.55 bits per heavy atom. The lowest BCUT2D eigenvalue weighted by atomic mass is 9.89. The maximum atomic E-state index is 13.4. The molecule has 0 aromatic heterocycles. The van der Waals surface area contributed by atoms with Crippen LogP contribution in [-0.2, 0) is 9.59 Å². The minimum Gasteiger partial charge on any atom is -0.396 e. The van der Waals surface area contributed by atoms with Crippen LogP contribution in [-0.4, -0.2) is 30.1 Å². The minimum atomic E-state index is -0.829. The van der Waals surface area contributed by atoms with Gasteiger partial charge in [0.25, 0.3) is 0 Å². The van der Waals surface area contributed by atoms with Crippen molar-refractivity contribution in [3.05, 3.63) is 29.6 Å². The second-order valence-corrected chi connectivity index (χ2v) is 6.10. The van der Waals surface area contributed by atoms with E-state index >= 15 is 0 Å². The molecule has 22 heavy (non-hydrogen) atoms. The van der Waals surface area contributed by atoms with Gasteiger partial charge in [-0.25, -0.2) is 4.39 Å². The lowest BCUT2D eigenvalue weighted by molar-refractivity contribution is -0.136. The first-order valence-corrected chi connectivity index (χ1v) is 7.21. The van der Waals surface area contributed by atoms with Gasteiger partial charge in [0.1, 0.15) is 5.82 Å². The number of aliphatic hydroxyl groups is 1. The first-order chi connectivity index (χ1) is 10.2. The number of hydrogen-bond acceptors (Lipinski definition) is 3. The van der Waals surface area contributed by atoms with E-state index in [1.165, 1.54) is 18.2 Å². The molecule has 0 bridgehead atoms. The number of aliphatic hydroxyl groups excluding tert-OH is 1. The van der Waals surface area contributed by atoms with Crippen LogP contribution in [0.2, 0.25) is 0 Å². The average molecular weight is 310 g/mol. The van der Waals surface area contributed by atoms with Crippen LogP contribution >= 0.6 is 0 Å². The second-order valence-electron chi connectivity index (χ2n) is 6.10. The summed E-state index contributed by atoms with van der Waals surface area (Å²) < 4.78 is 13.4. The Balaban J connectivity index is 2.39. The zero-order valence-corrected chi connectivity index (χ0v) is 13.2. The van der Waals surface area contributed by atoms with Gasteiger partial charge in [-0.05, 0) is 42.9 Å². The fraction of sp³-hybridized carbons (Fsp3) is 0.500. The highest BCUT2D eigenvalue weighted by Gasteiger charge is 2.17.